The summed E-state index contributed by atoms with van der Waals surface area (Å²) in [4.78, 5) is 0. The molecule has 4 aliphatic rings. The minimum absolute atomic E-state index is 0. The first-order chi connectivity index (χ1) is 20.1. The third kappa shape index (κ3) is 19.7. The minimum atomic E-state index is -3.67. The Morgan fingerprint density at radius 2 is 1.06 bits per heavy atom. The van der Waals surface area contributed by atoms with Crippen molar-refractivity contribution in [2.75, 3.05) is 0 Å². The Balaban J connectivity index is -0.000000233. The Hall–Kier alpha value is -0.622. The van der Waals surface area contributed by atoms with E-state index in [-0.39, 0.29) is 76.1 Å². The molecule has 6 rings (SSSR count). The van der Waals surface area contributed by atoms with Crippen LogP contribution in [0.3, 0.4) is 0 Å². The van der Waals surface area contributed by atoms with E-state index in [9.17, 15) is 17.5 Å². The molecule has 2 bridgehead atoms. The van der Waals surface area contributed by atoms with Crippen molar-refractivity contribution in [1.82, 2.24) is 0 Å². The maximum absolute atomic E-state index is 13.2. The predicted molar refractivity (Wildman–Crippen MR) is 206 cm³/mol. The molecule has 2 fully saturated rings. The van der Waals surface area contributed by atoms with Crippen LogP contribution in [0.1, 0.15) is 85.5 Å². The van der Waals surface area contributed by atoms with Crippen LogP contribution in [-0.2, 0) is 41.1 Å². The molecule has 0 saturated heterocycles. The van der Waals surface area contributed by atoms with E-state index in [2.05, 4.69) is 113 Å². The van der Waals surface area contributed by atoms with Gasteiger partial charge in [-0.05, 0) is 89.5 Å². The van der Waals surface area contributed by atoms with Gasteiger partial charge in [0.05, 0.1) is 24.2 Å². The van der Waals surface area contributed by atoms with E-state index in [1.165, 1.54) is 62.0 Å². The Labute approximate surface area is 325 Å². The first-order valence-corrected chi connectivity index (χ1v) is 18.7. The van der Waals surface area contributed by atoms with Crippen molar-refractivity contribution in [3.05, 3.63) is 115 Å². The third-order valence-corrected chi connectivity index (χ3v) is 14.6. The molecular weight excluding hydrogens is 792 g/mol. The van der Waals surface area contributed by atoms with Crippen LogP contribution in [0.4, 0.5) is 12.9 Å². The van der Waals surface area contributed by atoms with Crippen LogP contribution < -0.4 is 15.3 Å². The second kappa shape index (κ2) is 29.9. The van der Waals surface area contributed by atoms with Crippen LogP contribution in [0.5, 0.6) is 0 Å². The molecule has 2 aromatic rings. The summed E-state index contributed by atoms with van der Waals surface area (Å²) in [7, 11) is -5.76. The Morgan fingerprint density at radius 3 is 1.35 bits per heavy atom. The van der Waals surface area contributed by atoms with Gasteiger partial charge in [0.15, 0.2) is 10.8 Å². The Bertz CT molecular complexity index is 1060. The quantitative estimate of drug-likeness (QED) is 0.0964. The van der Waals surface area contributed by atoms with Crippen molar-refractivity contribution in [3.63, 3.8) is 0 Å². The first-order valence-electron chi connectivity index (χ1n) is 15.8. The molecule has 2 aromatic carbocycles. The van der Waals surface area contributed by atoms with Crippen molar-refractivity contribution in [3.8, 4) is 0 Å². The van der Waals surface area contributed by atoms with Gasteiger partial charge in [0, 0.05) is 5.92 Å². The van der Waals surface area contributed by atoms with Crippen molar-refractivity contribution >= 4 is 33.9 Å². The fourth-order valence-electron chi connectivity index (χ4n) is 6.69. The van der Waals surface area contributed by atoms with E-state index in [0.717, 1.165) is 18.3 Å². The second-order valence-corrected chi connectivity index (χ2v) is 18.5. The SMILES string of the molecule is C1=CC2C=CC1C2.C1CCCC1.C[C@H](C1CCCC1[P+](=O)C(C)(C)C)[PH+](c1ccccc1)c1ccccc1.FB(F)F.[CH3-].[CH3-].[CH3-].[CH3-].[F-].[Fe+2].[Rh+2]. The molecule has 281 valence electrons. The van der Waals surface area contributed by atoms with Crippen LogP contribution in [0.25, 0.3) is 0 Å². The number of allylic oxidation sites excluding steroid dienone is 4. The van der Waals surface area contributed by atoms with Gasteiger partial charge in [0.2, 0.25) is 0 Å². The summed E-state index contributed by atoms with van der Waals surface area (Å²) in [6, 6.07) is 22.1. The molecule has 0 aromatic heterocycles. The molecule has 4 atom stereocenters. The van der Waals surface area contributed by atoms with E-state index < -0.39 is 23.3 Å². The zero-order chi connectivity index (χ0) is 30.5. The maximum atomic E-state index is 13.2. The fraction of sp³-hybridized carbons (Fsp3) is 0.487. The van der Waals surface area contributed by atoms with E-state index in [1.54, 1.807) is 0 Å². The van der Waals surface area contributed by atoms with Gasteiger partial charge >= 0.3 is 51.9 Å². The normalized spacial score (nSPS) is 21.1. The second-order valence-electron chi connectivity index (χ2n) is 12.9. The summed E-state index contributed by atoms with van der Waals surface area (Å²) in [6.45, 7) is 8.87. The summed E-state index contributed by atoms with van der Waals surface area (Å²) in [6.07, 6.45) is 21.7. The van der Waals surface area contributed by atoms with Crippen molar-refractivity contribution in [2.24, 2.45) is 17.8 Å². The maximum Gasteiger partial charge on any atom is 2.00 e. The van der Waals surface area contributed by atoms with Crippen LogP contribution in [0, 0.1) is 47.5 Å². The van der Waals surface area contributed by atoms with E-state index in [0.29, 0.717) is 17.2 Å². The van der Waals surface area contributed by atoms with E-state index in [1.807, 2.05) is 0 Å². The summed E-state index contributed by atoms with van der Waals surface area (Å²) >= 11 is 0. The van der Waals surface area contributed by atoms with Crippen molar-refractivity contribution in [1.29, 1.82) is 0 Å². The average Bonchev–Trinajstić information content (AvgIpc) is 3.81. The molecule has 49 heavy (non-hydrogen) atoms. The van der Waals surface area contributed by atoms with Crippen molar-refractivity contribution < 1.29 is 58.8 Å². The van der Waals surface area contributed by atoms with Gasteiger partial charge in [0.1, 0.15) is 0 Å². The Kier molecular flexibility index (Phi) is 35.2. The van der Waals surface area contributed by atoms with Gasteiger partial charge in [-0.25, -0.2) is 0 Å². The zero-order valence-electron chi connectivity index (χ0n) is 31.0. The molecule has 3 unspecified atom stereocenters. The molecule has 10 heteroatoms. The van der Waals surface area contributed by atoms with Gasteiger partial charge in [-0.15, -0.1) is 0 Å². The first kappa shape index (κ1) is 57.7. The van der Waals surface area contributed by atoms with Gasteiger partial charge in [0.25, 0.3) is 0 Å². The summed E-state index contributed by atoms with van der Waals surface area (Å²) in [5.41, 5.74) is 0.964. The van der Waals surface area contributed by atoms with Gasteiger partial charge < -0.3 is 34.4 Å². The number of hydrogen-bond acceptors (Lipinski definition) is 1. The van der Waals surface area contributed by atoms with Gasteiger partial charge in [-0.3, -0.25) is 12.9 Å². The summed E-state index contributed by atoms with van der Waals surface area (Å²) in [5.74, 6) is 2.20. The number of hydrogen-bond donors (Lipinski definition) is 0. The number of halogens is 4. The minimum Gasteiger partial charge on any atom is -1.00 e. The molecule has 0 aliphatic heterocycles. The molecule has 0 heterocycles. The molecule has 0 spiro atoms. The monoisotopic (exact) mass is 854 g/mol. The molecule has 4 aliphatic carbocycles. The molecule has 1 radical (unpaired) electrons. The number of rotatable bonds is 5. The standard InChI is InChI=1S/C23H31OP2.C7H8.C5H10.4CH3.BF3.FH.Fe.Rh/c1-18(21-16-11-17-22(21)26(24)23(2,3)4)25(19-12-7-5-8-13-19)20-14-9-6-10-15-20;1-2-7-4-3-6(1)5-7;1-2-4-5-3-1;;;;;2-1(3)4;;;/h5-10,12-15,18,21-22H,11,16-17H2,1-4H3;1-4,6-7H,5H2;1-5H2;4*1H3;;1H;;/q+1;;;4*-1;;;2*+2/t18-,21?,22?;;;;;;;;;;/m1........../s1. The largest absolute Gasteiger partial charge is 2.00 e. The van der Waals surface area contributed by atoms with Crippen LogP contribution >= 0.6 is 15.7 Å². The smallest absolute Gasteiger partial charge is 1.00 e. The van der Waals surface area contributed by atoms with Crippen LogP contribution in [0.2, 0.25) is 0 Å². The topological polar surface area (TPSA) is 17.1 Å². The Morgan fingerprint density at radius 1 is 0.714 bits per heavy atom. The third-order valence-electron chi connectivity index (χ3n) is 8.77. The molecule has 2 saturated carbocycles. The number of benzene rings is 2. The van der Waals surface area contributed by atoms with Crippen molar-refractivity contribution in [2.45, 2.75) is 102 Å². The summed E-state index contributed by atoms with van der Waals surface area (Å²) in [5, 5.41) is 2.87. The number of fused-ring (bicyclic) bond motifs is 2. The van der Waals surface area contributed by atoms with Gasteiger partial charge in [-0.1, -0.05) is 97.4 Å². The molecule has 0 amide bonds. The van der Waals surface area contributed by atoms with Crippen LogP contribution in [-0.4, -0.2) is 24.0 Å². The molecule has 1 nitrogen and oxygen atoms in total. The predicted octanol–water partition coefficient (Wildman–Crippen LogP) is 9.41. The molecular formula is C39H62BF4FeOP2Rh+. The van der Waals surface area contributed by atoms with Crippen LogP contribution in [0.15, 0.2) is 85.0 Å². The van der Waals surface area contributed by atoms with Gasteiger partial charge in [-0.2, -0.15) is 0 Å². The average molecular weight is 854 g/mol. The van der Waals surface area contributed by atoms with E-state index in [4.69, 9.17) is 0 Å². The molecule has 0 N–H and O–H groups in total. The fourth-order valence-corrected chi connectivity index (χ4v) is 12.3. The summed E-state index contributed by atoms with van der Waals surface area (Å²) < 4.78 is 42.2. The van der Waals surface area contributed by atoms with E-state index >= 15 is 0 Å². The zero-order valence-corrected chi connectivity index (χ0v) is 35.6.